The van der Waals surface area contributed by atoms with E-state index >= 15 is 0 Å². The molecule has 6 nitrogen and oxygen atoms in total. The zero-order valence-electron chi connectivity index (χ0n) is 14.1. The summed E-state index contributed by atoms with van der Waals surface area (Å²) in [6, 6.07) is 12.4. The standard InChI is InChI=1S/C18H20N2O4S/c1-14-10-16(11-18(21)19(14)2)24-17-12-20(13-17)25(22,23)9-8-15-6-4-3-5-7-15/h3-11,17H,12-13H2,1-2H3/b9-8+. The van der Waals surface area contributed by atoms with Crippen LogP contribution in [0.2, 0.25) is 0 Å². The molecule has 0 N–H and O–H groups in total. The Morgan fingerprint density at radius 1 is 1.16 bits per heavy atom. The molecule has 0 bridgehead atoms. The maximum absolute atomic E-state index is 12.3. The molecule has 0 aliphatic carbocycles. The maximum atomic E-state index is 12.3. The van der Waals surface area contributed by atoms with Gasteiger partial charge in [0.2, 0.25) is 10.0 Å². The number of benzene rings is 1. The monoisotopic (exact) mass is 360 g/mol. The molecule has 132 valence electrons. The summed E-state index contributed by atoms with van der Waals surface area (Å²) < 4.78 is 33.1. The van der Waals surface area contributed by atoms with Crippen LogP contribution in [0.3, 0.4) is 0 Å². The van der Waals surface area contributed by atoms with Gasteiger partial charge in [-0.1, -0.05) is 30.3 Å². The molecule has 1 saturated heterocycles. The minimum Gasteiger partial charge on any atom is -0.487 e. The Bertz CT molecular complexity index is 943. The predicted molar refractivity (Wildman–Crippen MR) is 96.8 cm³/mol. The van der Waals surface area contributed by atoms with Crippen LogP contribution in [0, 0.1) is 6.92 Å². The van der Waals surface area contributed by atoms with E-state index in [0.717, 1.165) is 11.3 Å². The zero-order chi connectivity index (χ0) is 18.0. The summed E-state index contributed by atoms with van der Waals surface area (Å²) in [6.07, 6.45) is 1.33. The Hall–Kier alpha value is -2.38. The predicted octanol–water partition coefficient (Wildman–Crippen LogP) is 1.76. The van der Waals surface area contributed by atoms with Crippen molar-refractivity contribution in [2.75, 3.05) is 13.1 Å². The molecule has 0 amide bonds. The summed E-state index contributed by atoms with van der Waals surface area (Å²) >= 11 is 0. The van der Waals surface area contributed by atoms with Gasteiger partial charge in [-0.3, -0.25) is 4.79 Å². The van der Waals surface area contributed by atoms with Crippen LogP contribution >= 0.6 is 0 Å². The molecular formula is C18H20N2O4S. The molecule has 2 heterocycles. The number of ether oxygens (including phenoxy) is 1. The molecule has 1 aromatic carbocycles. The van der Waals surface area contributed by atoms with Crippen LogP contribution in [-0.2, 0) is 17.1 Å². The molecule has 2 aromatic rings. The van der Waals surface area contributed by atoms with Crippen LogP contribution in [0.1, 0.15) is 11.3 Å². The molecule has 1 aliphatic heterocycles. The molecule has 3 rings (SSSR count). The van der Waals surface area contributed by atoms with E-state index in [1.165, 1.54) is 20.3 Å². The van der Waals surface area contributed by atoms with Crippen LogP contribution < -0.4 is 10.3 Å². The van der Waals surface area contributed by atoms with Gasteiger partial charge in [0, 0.05) is 24.2 Å². The van der Waals surface area contributed by atoms with E-state index in [4.69, 9.17) is 4.74 Å². The smallest absolute Gasteiger partial charge is 0.254 e. The second-order valence-electron chi connectivity index (χ2n) is 6.04. The fourth-order valence-corrected chi connectivity index (χ4v) is 3.74. The van der Waals surface area contributed by atoms with Gasteiger partial charge in [0.1, 0.15) is 11.9 Å². The molecule has 0 spiro atoms. The number of hydrogen-bond donors (Lipinski definition) is 0. The number of nitrogens with zero attached hydrogens (tertiary/aromatic N) is 2. The molecule has 0 atom stereocenters. The van der Waals surface area contributed by atoms with Gasteiger partial charge in [-0.05, 0) is 24.6 Å². The molecule has 0 radical (unpaired) electrons. The van der Waals surface area contributed by atoms with Gasteiger partial charge in [0.25, 0.3) is 5.56 Å². The van der Waals surface area contributed by atoms with E-state index in [1.54, 1.807) is 19.2 Å². The van der Waals surface area contributed by atoms with Crippen LogP contribution in [0.4, 0.5) is 0 Å². The molecule has 1 fully saturated rings. The third kappa shape index (κ3) is 4.00. The van der Waals surface area contributed by atoms with E-state index in [9.17, 15) is 13.2 Å². The van der Waals surface area contributed by atoms with E-state index in [-0.39, 0.29) is 24.8 Å². The first-order valence-electron chi connectivity index (χ1n) is 7.93. The lowest BCUT2D eigenvalue weighted by atomic mass is 10.2. The van der Waals surface area contributed by atoms with Gasteiger partial charge in [-0.2, -0.15) is 4.31 Å². The summed E-state index contributed by atoms with van der Waals surface area (Å²) in [5.74, 6) is 0.475. The Kier molecular flexibility index (Phi) is 4.78. The summed E-state index contributed by atoms with van der Waals surface area (Å²) in [5, 5.41) is 1.21. The van der Waals surface area contributed by atoms with Crippen LogP contribution in [-0.4, -0.2) is 36.5 Å². The van der Waals surface area contributed by atoms with Crippen molar-refractivity contribution in [2.45, 2.75) is 13.0 Å². The van der Waals surface area contributed by atoms with Gasteiger partial charge < -0.3 is 9.30 Å². The quantitative estimate of drug-likeness (QED) is 0.815. The Balaban J connectivity index is 1.60. The minimum absolute atomic E-state index is 0.149. The first-order valence-corrected chi connectivity index (χ1v) is 9.43. The Labute approximate surface area is 147 Å². The number of hydrogen-bond acceptors (Lipinski definition) is 4. The first kappa shape index (κ1) is 17.4. The number of pyridine rings is 1. The lowest BCUT2D eigenvalue weighted by molar-refractivity contribution is 0.0768. The SMILES string of the molecule is Cc1cc(OC2CN(S(=O)(=O)/C=C/c3ccccc3)C2)cc(=O)n1C. The van der Waals surface area contributed by atoms with Gasteiger partial charge in [-0.15, -0.1) is 0 Å². The van der Waals surface area contributed by atoms with Crippen molar-refractivity contribution in [3.63, 3.8) is 0 Å². The number of sulfonamides is 1. The normalized spacial score (nSPS) is 16.1. The highest BCUT2D eigenvalue weighted by Gasteiger charge is 2.36. The Morgan fingerprint density at radius 2 is 1.84 bits per heavy atom. The second-order valence-corrected chi connectivity index (χ2v) is 7.86. The third-order valence-corrected chi connectivity index (χ3v) is 5.68. The lowest BCUT2D eigenvalue weighted by Crippen LogP contribution is -2.55. The van der Waals surface area contributed by atoms with Gasteiger partial charge in [-0.25, -0.2) is 8.42 Å². The number of rotatable bonds is 5. The fraction of sp³-hybridized carbons (Fsp3) is 0.278. The van der Waals surface area contributed by atoms with Gasteiger partial charge in [0.15, 0.2) is 0 Å². The van der Waals surface area contributed by atoms with E-state index < -0.39 is 10.0 Å². The van der Waals surface area contributed by atoms with Crippen molar-refractivity contribution in [1.82, 2.24) is 8.87 Å². The highest BCUT2D eigenvalue weighted by atomic mass is 32.2. The van der Waals surface area contributed by atoms with Crippen LogP contribution in [0.25, 0.3) is 6.08 Å². The van der Waals surface area contributed by atoms with Gasteiger partial charge in [0.05, 0.1) is 13.1 Å². The second kappa shape index (κ2) is 6.85. The molecular weight excluding hydrogens is 340 g/mol. The van der Waals surface area contributed by atoms with E-state index in [0.29, 0.717) is 5.75 Å². The summed E-state index contributed by atoms with van der Waals surface area (Å²) in [6.45, 7) is 2.37. The van der Waals surface area contributed by atoms with E-state index in [1.807, 2.05) is 37.3 Å². The van der Waals surface area contributed by atoms with E-state index in [2.05, 4.69) is 0 Å². The van der Waals surface area contributed by atoms with Crippen molar-refractivity contribution in [2.24, 2.45) is 7.05 Å². The topological polar surface area (TPSA) is 68.6 Å². The van der Waals surface area contributed by atoms with Crippen molar-refractivity contribution in [3.8, 4) is 5.75 Å². The van der Waals surface area contributed by atoms with Gasteiger partial charge >= 0.3 is 0 Å². The number of aryl methyl sites for hydroxylation is 1. The highest BCUT2D eigenvalue weighted by Crippen LogP contribution is 2.21. The number of aromatic nitrogens is 1. The molecule has 25 heavy (non-hydrogen) atoms. The van der Waals surface area contributed by atoms with Crippen molar-refractivity contribution < 1.29 is 13.2 Å². The van der Waals surface area contributed by atoms with Crippen molar-refractivity contribution in [1.29, 1.82) is 0 Å². The zero-order valence-corrected chi connectivity index (χ0v) is 14.9. The first-order chi connectivity index (χ1) is 11.8. The molecule has 7 heteroatoms. The summed E-state index contributed by atoms with van der Waals surface area (Å²) in [4.78, 5) is 11.8. The van der Waals surface area contributed by atoms with Crippen LogP contribution in [0.15, 0.2) is 52.7 Å². The average Bonchev–Trinajstić information content (AvgIpc) is 2.54. The van der Waals surface area contributed by atoms with Crippen molar-refractivity contribution in [3.05, 3.63) is 69.5 Å². The highest BCUT2D eigenvalue weighted by molar-refractivity contribution is 7.92. The van der Waals surface area contributed by atoms with Crippen molar-refractivity contribution >= 4 is 16.1 Å². The minimum atomic E-state index is -3.46. The molecule has 1 aromatic heterocycles. The largest absolute Gasteiger partial charge is 0.487 e. The summed E-state index contributed by atoms with van der Waals surface area (Å²) in [5.41, 5.74) is 1.47. The lowest BCUT2D eigenvalue weighted by Gasteiger charge is -2.37. The third-order valence-electron chi connectivity index (χ3n) is 4.19. The summed E-state index contributed by atoms with van der Waals surface area (Å²) in [7, 11) is -1.77. The molecule has 0 saturated carbocycles. The van der Waals surface area contributed by atoms with Crippen LogP contribution in [0.5, 0.6) is 5.75 Å². The molecule has 1 aliphatic rings. The maximum Gasteiger partial charge on any atom is 0.254 e. The average molecular weight is 360 g/mol. The molecule has 0 unspecified atom stereocenters. The fourth-order valence-electron chi connectivity index (χ4n) is 2.50. The Morgan fingerprint density at radius 3 is 2.48 bits per heavy atom.